The van der Waals surface area contributed by atoms with Crippen LogP contribution in [0.5, 0.6) is 5.75 Å². The highest BCUT2D eigenvalue weighted by Crippen LogP contribution is 2.43. The normalized spacial score (nSPS) is 18.7. The number of aliphatic hydroxyl groups is 1. The summed E-state index contributed by atoms with van der Waals surface area (Å²) in [7, 11) is 1.60. The van der Waals surface area contributed by atoms with Gasteiger partial charge in [-0.1, -0.05) is 37.3 Å². The minimum Gasteiger partial charge on any atom is -0.497 e. The molecular formula is C21H23NO4. The van der Waals surface area contributed by atoms with E-state index in [0.717, 1.165) is 11.3 Å². The number of ketones is 1. The fourth-order valence-corrected chi connectivity index (χ4v) is 3.40. The van der Waals surface area contributed by atoms with Crippen molar-refractivity contribution in [3.05, 3.63) is 59.7 Å². The van der Waals surface area contributed by atoms with E-state index in [-0.39, 0.29) is 12.2 Å². The van der Waals surface area contributed by atoms with Crippen molar-refractivity contribution in [1.29, 1.82) is 0 Å². The van der Waals surface area contributed by atoms with Crippen LogP contribution in [0.15, 0.2) is 48.5 Å². The van der Waals surface area contributed by atoms with E-state index in [1.807, 2.05) is 37.3 Å². The molecule has 3 rings (SSSR count). The van der Waals surface area contributed by atoms with Crippen LogP contribution in [0, 0.1) is 0 Å². The lowest BCUT2D eigenvalue weighted by Crippen LogP contribution is -2.41. The van der Waals surface area contributed by atoms with Gasteiger partial charge in [0, 0.05) is 18.4 Å². The van der Waals surface area contributed by atoms with Crippen molar-refractivity contribution in [1.82, 2.24) is 0 Å². The van der Waals surface area contributed by atoms with Crippen LogP contribution in [0.3, 0.4) is 0 Å². The Bertz CT molecular complexity index is 815. The molecule has 2 aromatic rings. The van der Waals surface area contributed by atoms with Crippen LogP contribution in [0.4, 0.5) is 5.69 Å². The largest absolute Gasteiger partial charge is 0.497 e. The Labute approximate surface area is 153 Å². The Morgan fingerprint density at radius 3 is 2.50 bits per heavy atom. The van der Waals surface area contributed by atoms with E-state index in [9.17, 15) is 14.7 Å². The summed E-state index contributed by atoms with van der Waals surface area (Å²) >= 11 is 0. The molecular weight excluding hydrogens is 330 g/mol. The van der Waals surface area contributed by atoms with Crippen molar-refractivity contribution in [3.8, 4) is 5.75 Å². The molecule has 5 nitrogen and oxygen atoms in total. The zero-order valence-electron chi connectivity index (χ0n) is 15.1. The molecule has 1 aliphatic heterocycles. The van der Waals surface area contributed by atoms with Gasteiger partial charge < -0.3 is 14.7 Å². The number of fused-ring (bicyclic) bond motifs is 1. The molecule has 0 aromatic heterocycles. The minimum atomic E-state index is -1.78. The topological polar surface area (TPSA) is 66.8 Å². The van der Waals surface area contributed by atoms with Gasteiger partial charge in [0.25, 0.3) is 5.91 Å². The predicted molar refractivity (Wildman–Crippen MR) is 99.1 cm³/mol. The maximum absolute atomic E-state index is 13.1. The molecule has 1 amide bonds. The van der Waals surface area contributed by atoms with E-state index in [1.165, 1.54) is 0 Å². The number of Topliss-reactive ketones (excluding diaryl/α,β-unsaturated/α-hetero) is 1. The Morgan fingerprint density at radius 1 is 1.15 bits per heavy atom. The minimum absolute atomic E-state index is 0.107. The van der Waals surface area contributed by atoms with Crippen molar-refractivity contribution in [2.75, 3.05) is 12.0 Å². The molecule has 136 valence electrons. The molecule has 0 radical (unpaired) electrons. The van der Waals surface area contributed by atoms with Crippen LogP contribution < -0.4 is 9.64 Å². The zero-order valence-corrected chi connectivity index (χ0v) is 15.1. The molecule has 5 heteroatoms. The number of para-hydroxylation sites is 1. The van der Waals surface area contributed by atoms with Crippen LogP contribution in [0.2, 0.25) is 0 Å². The summed E-state index contributed by atoms with van der Waals surface area (Å²) in [6.07, 6.45) is 0.867. The fraction of sp³-hybridized carbons (Fsp3) is 0.333. The number of amides is 1. The van der Waals surface area contributed by atoms with E-state index in [2.05, 4.69) is 0 Å². The summed E-state index contributed by atoms with van der Waals surface area (Å²) in [6.45, 7) is 2.23. The molecule has 0 bridgehead atoms. The molecule has 0 saturated carbocycles. The maximum atomic E-state index is 13.1. The number of hydrogen-bond acceptors (Lipinski definition) is 4. The summed E-state index contributed by atoms with van der Waals surface area (Å²) in [4.78, 5) is 26.8. The summed E-state index contributed by atoms with van der Waals surface area (Å²) in [5.74, 6) is 0.187. The highest BCUT2D eigenvalue weighted by molar-refractivity contribution is 6.08. The third-order valence-electron chi connectivity index (χ3n) is 4.72. The van der Waals surface area contributed by atoms with E-state index in [4.69, 9.17) is 4.74 Å². The van der Waals surface area contributed by atoms with Crippen molar-refractivity contribution >= 4 is 17.4 Å². The first-order valence-corrected chi connectivity index (χ1v) is 8.78. The van der Waals surface area contributed by atoms with Gasteiger partial charge in [0.05, 0.1) is 19.3 Å². The number of anilines is 1. The number of benzene rings is 2. The predicted octanol–water partition coefficient (Wildman–Crippen LogP) is 3.19. The van der Waals surface area contributed by atoms with E-state index < -0.39 is 11.5 Å². The third-order valence-corrected chi connectivity index (χ3v) is 4.72. The SMILES string of the molecule is CCCC(=O)CC1(O)C(=O)N(Cc2ccc(OC)cc2)c2ccccc21. The Kier molecular flexibility index (Phi) is 5.09. The monoisotopic (exact) mass is 353 g/mol. The first-order valence-electron chi connectivity index (χ1n) is 8.78. The summed E-state index contributed by atoms with van der Waals surface area (Å²) < 4.78 is 5.16. The first kappa shape index (κ1) is 18.1. The van der Waals surface area contributed by atoms with E-state index >= 15 is 0 Å². The highest BCUT2D eigenvalue weighted by atomic mass is 16.5. The molecule has 1 unspecified atom stereocenters. The quantitative estimate of drug-likeness (QED) is 0.830. The molecule has 0 spiro atoms. The molecule has 26 heavy (non-hydrogen) atoms. The number of ether oxygens (including phenoxy) is 1. The smallest absolute Gasteiger partial charge is 0.264 e. The van der Waals surface area contributed by atoms with Crippen LogP contribution in [0.25, 0.3) is 0 Å². The second kappa shape index (κ2) is 7.30. The van der Waals surface area contributed by atoms with E-state index in [0.29, 0.717) is 30.6 Å². The van der Waals surface area contributed by atoms with Crippen LogP contribution in [-0.4, -0.2) is 23.9 Å². The molecule has 0 fully saturated rings. The lowest BCUT2D eigenvalue weighted by Gasteiger charge is -2.23. The fourth-order valence-electron chi connectivity index (χ4n) is 3.40. The summed E-state index contributed by atoms with van der Waals surface area (Å²) in [5.41, 5.74) is 0.288. The van der Waals surface area contributed by atoms with Crippen molar-refractivity contribution in [3.63, 3.8) is 0 Å². The molecule has 1 N–H and O–H groups in total. The van der Waals surface area contributed by atoms with Crippen LogP contribution >= 0.6 is 0 Å². The van der Waals surface area contributed by atoms with Crippen LogP contribution in [-0.2, 0) is 21.7 Å². The Balaban J connectivity index is 1.92. The Hall–Kier alpha value is -2.66. The highest BCUT2D eigenvalue weighted by Gasteiger charge is 2.50. The molecule has 1 heterocycles. The number of methoxy groups -OCH3 is 1. The van der Waals surface area contributed by atoms with Gasteiger partial charge in [0.2, 0.25) is 0 Å². The first-order chi connectivity index (χ1) is 12.5. The third kappa shape index (κ3) is 3.22. The average molecular weight is 353 g/mol. The van der Waals surface area contributed by atoms with Gasteiger partial charge in [-0.15, -0.1) is 0 Å². The van der Waals surface area contributed by atoms with Gasteiger partial charge in [-0.3, -0.25) is 9.59 Å². The number of nitrogens with zero attached hydrogens (tertiary/aromatic N) is 1. The number of carbonyl (C=O) groups excluding carboxylic acids is 2. The van der Waals surface area contributed by atoms with Crippen molar-refractivity contribution in [2.45, 2.75) is 38.3 Å². The summed E-state index contributed by atoms with van der Waals surface area (Å²) in [6, 6.07) is 14.6. The van der Waals surface area contributed by atoms with Gasteiger partial charge in [-0.25, -0.2) is 0 Å². The van der Waals surface area contributed by atoms with Crippen molar-refractivity contribution < 1.29 is 19.4 Å². The van der Waals surface area contributed by atoms with Gasteiger partial charge in [-0.05, 0) is 30.2 Å². The second-order valence-corrected chi connectivity index (χ2v) is 6.58. The number of rotatable bonds is 7. The van der Waals surface area contributed by atoms with E-state index in [1.54, 1.807) is 30.2 Å². The van der Waals surface area contributed by atoms with Gasteiger partial charge in [-0.2, -0.15) is 0 Å². The number of carbonyl (C=O) groups is 2. The summed E-state index contributed by atoms with van der Waals surface area (Å²) in [5, 5.41) is 11.1. The molecule has 0 aliphatic carbocycles. The molecule has 2 aromatic carbocycles. The van der Waals surface area contributed by atoms with Gasteiger partial charge in [0.15, 0.2) is 5.60 Å². The second-order valence-electron chi connectivity index (χ2n) is 6.58. The van der Waals surface area contributed by atoms with Crippen LogP contribution in [0.1, 0.15) is 37.3 Å². The number of hydrogen-bond donors (Lipinski definition) is 1. The van der Waals surface area contributed by atoms with Gasteiger partial charge in [0.1, 0.15) is 11.5 Å². The molecule has 1 aliphatic rings. The standard InChI is InChI=1S/C21H23NO4/c1-3-6-16(23)13-21(25)18-7-4-5-8-19(18)22(20(21)24)14-15-9-11-17(26-2)12-10-15/h4-5,7-12,25H,3,6,13-14H2,1-2H3. The lowest BCUT2D eigenvalue weighted by molar-refractivity contribution is -0.142. The lowest BCUT2D eigenvalue weighted by atomic mass is 9.89. The molecule has 0 saturated heterocycles. The molecule has 1 atom stereocenters. The Morgan fingerprint density at radius 2 is 1.85 bits per heavy atom. The zero-order chi connectivity index (χ0) is 18.7. The van der Waals surface area contributed by atoms with Crippen molar-refractivity contribution in [2.24, 2.45) is 0 Å². The maximum Gasteiger partial charge on any atom is 0.264 e. The average Bonchev–Trinajstić information content (AvgIpc) is 2.85. The van der Waals surface area contributed by atoms with Gasteiger partial charge >= 0.3 is 0 Å².